The van der Waals surface area contributed by atoms with Gasteiger partial charge in [-0.3, -0.25) is 9.59 Å². The molecule has 2 aromatic rings. The minimum absolute atomic E-state index is 0.153. The van der Waals surface area contributed by atoms with E-state index in [1.165, 1.54) is 11.1 Å². The van der Waals surface area contributed by atoms with Gasteiger partial charge in [0.1, 0.15) is 12.4 Å². The molecule has 0 unspecified atom stereocenters. The Balaban J connectivity index is 1.75. The van der Waals surface area contributed by atoms with Crippen LogP contribution in [0.5, 0.6) is 0 Å². The maximum atomic E-state index is 11.2. The van der Waals surface area contributed by atoms with Crippen molar-refractivity contribution in [2.45, 2.75) is 45.4 Å². The van der Waals surface area contributed by atoms with Gasteiger partial charge in [-0.15, -0.1) is 0 Å². The smallest absolute Gasteiger partial charge is 0.162 e. The minimum Gasteiger partial charge on any atom is -0.389 e. The first-order valence-corrected chi connectivity index (χ1v) is 8.84. The summed E-state index contributed by atoms with van der Waals surface area (Å²) in [4.78, 5) is 22.4. The van der Waals surface area contributed by atoms with Gasteiger partial charge in [-0.2, -0.15) is 0 Å². The number of benzene rings is 2. The number of ketones is 2. The number of aliphatic hydroxyl groups is 1. The molecule has 3 nitrogen and oxygen atoms in total. The van der Waals surface area contributed by atoms with E-state index in [-0.39, 0.29) is 11.6 Å². The summed E-state index contributed by atoms with van der Waals surface area (Å²) in [5.74, 6) is 0.0426. The number of carbonyl (C=O) groups excluding carboxylic acids is 2. The molecule has 0 amide bonds. The Morgan fingerprint density at radius 1 is 0.800 bits per heavy atom. The van der Waals surface area contributed by atoms with Crippen molar-refractivity contribution in [1.29, 1.82) is 0 Å². The maximum Gasteiger partial charge on any atom is 0.162 e. The third kappa shape index (κ3) is 7.02. The van der Waals surface area contributed by atoms with Gasteiger partial charge < -0.3 is 5.11 Å². The van der Waals surface area contributed by atoms with Crippen molar-refractivity contribution >= 4 is 11.6 Å². The molecule has 0 saturated heterocycles. The first kappa shape index (κ1) is 19.1. The highest BCUT2D eigenvalue weighted by molar-refractivity contribution is 5.81. The summed E-state index contributed by atoms with van der Waals surface area (Å²) in [5, 5.41) is 8.78. The molecule has 0 atom stereocenters. The van der Waals surface area contributed by atoms with E-state index >= 15 is 0 Å². The maximum absolute atomic E-state index is 11.2. The molecule has 2 rings (SSSR count). The highest BCUT2D eigenvalue weighted by Gasteiger charge is 2.03. The third-order valence-electron chi connectivity index (χ3n) is 4.23. The predicted molar refractivity (Wildman–Crippen MR) is 99.7 cm³/mol. The number of unbranched alkanes of at least 4 members (excludes halogenated alkanes) is 1. The van der Waals surface area contributed by atoms with Gasteiger partial charge in [-0.1, -0.05) is 48.5 Å². The van der Waals surface area contributed by atoms with E-state index < -0.39 is 6.61 Å². The minimum atomic E-state index is -0.393. The highest BCUT2D eigenvalue weighted by atomic mass is 16.3. The fraction of sp³-hybridized carbons (Fsp3) is 0.364. The van der Waals surface area contributed by atoms with Gasteiger partial charge >= 0.3 is 0 Å². The second-order valence-corrected chi connectivity index (χ2v) is 6.60. The standard InChI is InChI=1S/C22H26O3/c1-17(24)13-21-8-4-7-19(14-21)6-3-2-5-18-9-11-20(12-10-18)15-22(25)16-23/h4,7-12,14,23H,2-3,5-6,13,15-16H2,1H3. The van der Waals surface area contributed by atoms with Crippen molar-refractivity contribution in [3.05, 3.63) is 70.8 Å². The van der Waals surface area contributed by atoms with Crippen LogP contribution in [0, 0.1) is 0 Å². The first-order valence-electron chi connectivity index (χ1n) is 8.84. The van der Waals surface area contributed by atoms with Gasteiger partial charge in [0.05, 0.1) is 0 Å². The zero-order chi connectivity index (χ0) is 18.1. The van der Waals surface area contributed by atoms with Crippen molar-refractivity contribution in [1.82, 2.24) is 0 Å². The number of Topliss-reactive ketones (excluding diaryl/α,β-unsaturated/α-hetero) is 2. The Bertz CT molecular complexity index is 701. The Hall–Kier alpha value is -2.26. The molecule has 2 aromatic carbocycles. The normalized spacial score (nSPS) is 10.6. The van der Waals surface area contributed by atoms with Crippen LogP contribution in [-0.2, 0) is 35.3 Å². The van der Waals surface area contributed by atoms with E-state index in [2.05, 4.69) is 24.3 Å². The number of carbonyl (C=O) groups is 2. The SMILES string of the molecule is CC(=O)Cc1cccc(CCCCc2ccc(CC(=O)CO)cc2)c1. The van der Waals surface area contributed by atoms with Gasteiger partial charge in [0.25, 0.3) is 0 Å². The fourth-order valence-electron chi connectivity index (χ4n) is 2.95. The molecule has 0 spiro atoms. The number of aliphatic hydroxyl groups excluding tert-OH is 1. The van der Waals surface area contributed by atoms with Gasteiger partial charge in [0.2, 0.25) is 0 Å². The predicted octanol–water partition coefficient (Wildman–Crippen LogP) is 3.49. The molecule has 0 aliphatic carbocycles. The number of rotatable bonds is 10. The van der Waals surface area contributed by atoms with E-state index in [9.17, 15) is 9.59 Å². The van der Waals surface area contributed by atoms with Crippen molar-refractivity contribution in [2.75, 3.05) is 6.61 Å². The summed E-state index contributed by atoms with van der Waals surface area (Å²) < 4.78 is 0. The summed E-state index contributed by atoms with van der Waals surface area (Å²) in [7, 11) is 0. The van der Waals surface area contributed by atoms with Crippen LogP contribution < -0.4 is 0 Å². The molecule has 132 valence electrons. The van der Waals surface area contributed by atoms with Crippen LogP contribution in [0.3, 0.4) is 0 Å². The average Bonchev–Trinajstić information content (AvgIpc) is 2.60. The molecule has 0 aliphatic heterocycles. The van der Waals surface area contributed by atoms with Gasteiger partial charge in [-0.05, 0) is 54.9 Å². The van der Waals surface area contributed by atoms with Crippen LogP contribution in [-0.4, -0.2) is 23.3 Å². The van der Waals surface area contributed by atoms with Crippen molar-refractivity contribution in [2.24, 2.45) is 0 Å². The molecular weight excluding hydrogens is 312 g/mol. The van der Waals surface area contributed by atoms with Crippen LogP contribution in [0.15, 0.2) is 48.5 Å². The molecule has 0 aromatic heterocycles. The second kappa shape index (κ2) is 9.90. The van der Waals surface area contributed by atoms with E-state index in [1.807, 2.05) is 24.3 Å². The summed E-state index contributed by atoms with van der Waals surface area (Å²) >= 11 is 0. The summed E-state index contributed by atoms with van der Waals surface area (Å²) in [6.07, 6.45) is 5.06. The van der Waals surface area contributed by atoms with E-state index in [0.717, 1.165) is 36.8 Å². The van der Waals surface area contributed by atoms with Gasteiger partial charge in [-0.25, -0.2) is 0 Å². The van der Waals surface area contributed by atoms with Crippen LogP contribution in [0.2, 0.25) is 0 Å². The van der Waals surface area contributed by atoms with Crippen molar-refractivity contribution in [3.8, 4) is 0 Å². The monoisotopic (exact) mass is 338 g/mol. The zero-order valence-electron chi connectivity index (χ0n) is 14.8. The van der Waals surface area contributed by atoms with Crippen LogP contribution >= 0.6 is 0 Å². The summed E-state index contributed by atoms with van der Waals surface area (Å²) in [5.41, 5.74) is 4.60. The number of hydrogen-bond acceptors (Lipinski definition) is 3. The Morgan fingerprint density at radius 3 is 2.04 bits per heavy atom. The van der Waals surface area contributed by atoms with Gasteiger partial charge in [0.15, 0.2) is 5.78 Å². The van der Waals surface area contributed by atoms with E-state index in [1.54, 1.807) is 6.92 Å². The van der Waals surface area contributed by atoms with Crippen LogP contribution in [0.4, 0.5) is 0 Å². The first-order chi connectivity index (χ1) is 12.1. The van der Waals surface area contributed by atoms with E-state index in [0.29, 0.717) is 12.8 Å². The lowest BCUT2D eigenvalue weighted by atomic mass is 10.00. The molecular formula is C22H26O3. The average molecular weight is 338 g/mol. The van der Waals surface area contributed by atoms with Gasteiger partial charge in [0, 0.05) is 12.8 Å². The molecule has 0 heterocycles. The molecule has 1 N–H and O–H groups in total. The third-order valence-corrected chi connectivity index (χ3v) is 4.23. The molecule has 0 bridgehead atoms. The largest absolute Gasteiger partial charge is 0.389 e. The Labute approximate surface area is 149 Å². The Morgan fingerprint density at radius 2 is 1.40 bits per heavy atom. The molecule has 0 saturated carbocycles. The van der Waals surface area contributed by atoms with Crippen LogP contribution in [0.25, 0.3) is 0 Å². The fourth-order valence-corrected chi connectivity index (χ4v) is 2.95. The topological polar surface area (TPSA) is 54.4 Å². The molecule has 0 radical (unpaired) electrons. The quantitative estimate of drug-likeness (QED) is 0.675. The Kier molecular flexibility index (Phi) is 7.55. The highest BCUT2D eigenvalue weighted by Crippen LogP contribution is 2.13. The van der Waals surface area contributed by atoms with E-state index in [4.69, 9.17) is 5.11 Å². The lowest BCUT2D eigenvalue weighted by Crippen LogP contribution is -2.07. The molecule has 0 aliphatic rings. The van der Waals surface area contributed by atoms with Crippen LogP contribution in [0.1, 0.15) is 42.0 Å². The molecule has 3 heteroatoms. The van der Waals surface area contributed by atoms with Crippen molar-refractivity contribution in [3.63, 3.8) is 0 Å². The summed E-state index contributed by atoms with van der Waals surface area (Å²) in [6, 6.07) is 16.3. The van der Waals surface area contributed by atoms with Crippen molar-refractivity contribution < 1.29 is 14.7 Å². The second-order valence-electron chi connectivity index (χ2n) is 6.60. The summed E-state index contributed by atoms with van der Waals surface area (Å²) in [6.45, 7) is 1.23. The molecule has 0 fully saturated rings. The zero-order valence-corrected chi connectivity index (χ0v) is 14.8. The number of aryl methyl sites for hydroxylation is 2. The molecule has 25 heavy (non-hydrogen) atoms. The number of hydrogen-bond donors (Lipinski definition) is 1. The lowest BCUT2D eigenvalue weighted by molar-refractivity contribution is -0.121. The lowest BCUT2D eigenvalue weighted by Gasteiger charge is -2.06.